The molecule has 0 amide bonds. The van der Waals surface area contributed by atoms with Gasteiger partial charge in [-0.3, -0.25) is 0 Å². The standard InChI is InChI=1S/C17H20N2S/c1-12(9-15-8-7-13(2)20-15)18-10-14-11-19-17-6-4-3-5-16(14)17/h3-8,11-12,18-19H,9-10H2,1-2H3. The molecule has 2 nitrogen and oxygen atoms in total. The zero-order valence-corrected chi connectivity index (χ0v) is 12.8. The topological polar surface area (TPSA) is 27.8 Å². The summed E-state index contributed by atoms with van der Waals surface area (Å²) in [5.41, 5.74) is 2.56. The Hall–Kier alpha value is -1.58. The molecule has 0 aliphatic heterocycles. The molecular formula is C17H20N2S. The Morgan fingerprint density at radius 1 is 1.20 bits per heavy atom. The molecule has 1 atom stereocenters. The Labute approximate surface area is 123 Å². The van der Waals surface area contributed by atoms with Crippen LogP contribution in [0.4, 0.5) is 0 Å². The Balaban J connectivity index is 1.61. The lowest BCUT2D eigenvalue weighted by Crippen LogP contribution is -2.27. The molecule has 2 aromatic heterocycles. The maximum Gasteiger partial charge on any atom is 0.0457 e. The summed E-state index contributed by atoms with van der Waals surface area (Å²) in [6.07, 6.45) is 3.21. The van der Waals surface area contributed by atoms with E-state index in [0.29, 0.717) is 6.04 Å². The van der Waals surface area contributed by atoms with Crippen molar-refractivity contribution in [2.24, 2.45) is 0 Å². The zero-order valence-electron chi connectivity index (χ0n) is 11.9. The van der Waals surface area contributed by atoms with Gasteiger partial charge in [0.15, 0.2) is 0 Å². The van der Waals surface area contributed by atoms with Crippen molar-refractivity contribution >= 4 is 22.2 Å². The molecule has 104 valence electrons. The molecule has 0 saturated heterocycles. The molecule has 2 heterocycles. The van der Waals surface area contributed by atoms with Crippen molar-refractivity contribution in [3.05, 3.63) is 57.9 Å². The SMILES string of the molecule is Cc1ccc(CC(C)NCc2c[nH]c3ccccc23)s1. The predicted molar refractivity (Wildman–Crippen MR) is 87.4 cm³/mol. The number of rotatable bonds is 5. The van der Waals surface area contributed by atoms with Crippen LogP contribution in [0.1, 0.15) is 22.2 Å². The average molecular weight is 284 g/mol. The van der Waals surface area contributed by atoms with E-state index in [1.807, 2.05) is 11.3 Å². The second-order valence-corrected chi connectivity index (χ2v) is 6.73. The third kappa shape index (κ3) is 2.94. The van der Waals surface area contributed by atoms with Gasteiger partial charge in [0.25, 0.3) is 0 Å². The van der Waals surface area contributed by atoms with Gasteiger partial charge in [0.2, 0.25) is 0 Å². The van der Waals surface area contributed by atoms with Crippen LogP contribution in [0.3, 0.4) is 0 Å². The van der Waals surface area contributed by atoms with E-state index in [1.54, 1.807) is 0 Å². The van der Waals surface area contributed by atoms with Crippen LogP contribution in [0.2, 0.25) is 0 Å². The van der Waals surface area contributed by atoms with Gasteiger partial charge in [-0.1, -0.05) is 18.2 Å². The van der Waals surface area contributed by atoms with Gasteiger partial charge in [-0.05, 0) is 44.0 Å². The first kappa shape index (κ1) is 13.4. The predicted octanol–water partition coefficient (Wildman–Crippen LogP) is 4.26. The monoisotopic (exact) mass is 284 g/mol. The summed E-state index contributed by atoms with van der Waals surface area (Å²) in [4.78, 5) is 6.18. The van der Waals surface area contributed by atoms with Gasteiger partial charge in [0, 0.05) is 39.4 Å². The summed E-state index contributed by atoms with van der Waals surface area (Å²) < 4.78 is 0. The third-order valence-corrected chi connectivity index (χ3v) is 4.64. The highest BCUT2D eigenvalue weighted by Gasteiger charge is 2.07. The third-order valence-electron chi connectivity index (χ3n) is 3.62. The van der Waals surface area contributed by atoms with Crippen molar-refractivity contribution < 1.29 is 0 Å². The fraction of sp³-hybridized carbons (Fsp3) is 0.294. The minimum atomic E-state index is 0.488. The highest BCUT2D eigenvalue weighted by molar-refractivity contribution is 7.11. The van der Waals surface area contributed by atoms with Crippen LogP contribution in [0.15, 0.2) is 42.6 Å². The van der Waals surface area contributed by atoms with Gasteiger partial charge in [-0.15, -0.1) is 11.3 Å². The minimum absolute atomic E-state index is 0.488. The molecule has 0 aliphatic carbocycles. The van der Waals surface area contributed by atoms with Crippen LogP contribution in [-0.4, -0.2) is 11.0 Å². The first-order valence-electron chi connectivity index (χ1n) is 7.06. The second-order valence-electron chi connectivity index (χ2n) is 5.36. The fourth-order valence-corrected chi connectivity index (χ4v) is 3.55. The molecule has 1 aromatic carbocycles. The van der Waals surface area contributed by atoms with Gasteiger partial charge in [0.1, 0.15) is 0 Å². The lowest BCUT2D eigenvalue weighted by molar-refractivity contribution is 0.550. The molecule has 0 bridgehead atoms. The highest BCUT2D eigenvalue weighted by atomic mass is 32.1. The number of aromatic amines is 1. The number of hydrogen-bond acceptors (Lipinski definition) is 2. The zero-order chi connectivity index (χ0) is 13.9. The van der Waals surface area contributed by atoms with Crippen molar-refractivity contribution in [3.63, 3.8) is 0 Å². The van der Waals surface area contributed by atoms with Crippen molar-refractivity contribution in [3.8, 4) is 0 Å². The molecule has 0 radical (unpaired) electrons. The number of aromatic nitrogens is 1. The molecule has 0 spiro atoms. The normalized spacial score (nSPS) is 12.9. The van der Waals surface area contributed by atoms with Gasteiger partial charge in [0.05, 0.1) is 0 Å². The smallest absolute Gasteiger partial charge is 0.0457 e. The summed E-state index contributed by atoms with van der Waals surface area (Å²) in [6, 6.07) is 13.4. The van der Waals surface area contributed by atoms with E-state index in [-0.39, 0.29) is 0 Å². The summed E-state index contributed by atoms with van der Waals surface area (Å²) in [5, 5.41) is 4.94. The fourth-order valence-electron chi connectivity index (χ4n) is 2.53. The number of aryl methyl sites for hydroxylation is 1. The van der Waals surface area contributed by atoms with Crippen molar-refractivity contribution in [1.82, 2.24) is 10.3 Å². The largest absolute Gasteiger partial charge is 0.361 e. The first-order chi connectivity index (χ1) is 9.72. The molecule has 3 heteroatoms. The Kier molecular flexibility index (Phi) is 3.90. The average Bonchev–Trinajstić information content (AvgIpc) is 3.03. The molecule has 2 N–H and O–H groups in total. The van der Waals surface area contributed by atoms with Crippen LogP contribution < -0.4 is 5.32 Å². The molecule has 1 unspecified atom stereocenters. The molecule has 0 saturated carbocycles. The second kappa shape index (κ2) is 5.81. The molecule has 3 rings (SSSR count). The van der Waals surface area contributed by atoms with E-state index in [1.165, 1.54) is 26.2 Å². The van der Waals surface area contributed by atoms with E-state index in [0.717, 1.165) is 13.0 Å². The van der Waals surface area contributed by atoms with Gasteiger partial charge >= 0.3 is 0 Å². The molecule has 3 aromatic rings. The summed E-state index contributed by atoms with van der Waals surface area (Å²) in [7, 11) is 0. The van der Waals surface area contributed by atoms with E-state index < -0.39 is 0 Å². The van der Waals surface area contributed by atoms with Crippen LogP contribution in [-0.2, 0) is 13.0 Å². The lowest BCUT2D eigenvalue weighted by Gasteiger charge is -2.12. The number of thiophene rings is 1. The maximum atomic E-state index is 3.62. The number of nitrogens with one attached hydrogen (secondary N) is 2. The van der Waals surface area contributed by atoms with Crippen LogP contribution in [0.25, 0.3) is 10.9 Å². The van der Waals surface area contributed by atoms with Gasteiger partial charge < -0.3 is 10.3 Å². The van der Waals surface area contributed by atoms with Crippen molar-refractivity contribution in [2.75, 3.05) is 0 Å². The maximum absolute atomic E-state index is 3.62. The summed E-state index contributed by atoms with van der Waals surface area (Å²) in [6.45, 7) is 5.33. The van der Waals surface area contributed by atoms with Crippen molar-refractivity contribution in [2.45, 2.75) is 32.9 Å². The number of hydrogen-bond donors (Lipinski definition) is 2. The summed E-state index contributed by atoms with van der Waals surface area (Å²) >= 11 is 1.90. The Morgan fingerprint density at radius 3 is 2.85 bits per heavy atom. The first-order valence-corrected chi connectivity index (χ1v) is 7.88. The Morgan fingerprint density at radius 2 is 2.05 bits per heavy atom. The molecule has 0 aliphatic rings. The van der Waals surface area contributed by atoms with Gasteiger partial charge in [-0.25, -0.2) is 0 Å². The summed E-state index contributed by atoms with van der Waals surface area (Å²) in [5.74, 6) is 0. The quantitative estimate of drug-likeness (QED) is 0.720. The highest BCUT2D eigenvalue weighted by Crippen LogP contribution is 2.19. The lowest BCUT2D eigenvalue weighted by atomic mass is 10.1. The van der Waals surface area contributed by atoms with Crippen molar-refractivity contribution in [1.29, 1.82) is 0 Å². The minimum Gasteiger partial charge on any atom is -0.361 e. The van der Waals surface area contributed by atoms with Crippen LogP contribution in [0, 0.1) is 6.92 Å². The molecule has 0 fully saturated rings. The van der Waals surface area contributed by atoms with Gasteiger partial charge in [-0.2, -0.15) is 0 Å². The molecule has 20 heavy (non-hydrogen) atoms. The number of benzene rings is 1. The number of fused-ring (bicyclic) bond motifs is 1. The Bertz CT molecular complexity index is 696. The van der Waals surface area contributed by atoms with Crippen LogP contribution in [0.5, 0.6) is 0 Å². The number of H-pyrrole nitrogens is 1. The van der Waals surface area contributed by atoms with Crippen LogP contribution >= 0.6 is 11.3 Å². The molecular weight excluding hydrogens is 264 g/mol. The number of para-hydroxylation sites is 1. The van der Waals surface area contributed by atoms with E-state index >= 15 is 0 Å². The van der Waals surface area contributed by atoms with E-state index in [2.05, 4.69) is 66.7 Å². The van der Waals surface area contributed by atoms with E-state index in [4.69, 9.17) is 0 Å². The van der Waals surface area contributed by atoms with E-state index in [9.17, 15) is 0 Å².